The van der Waals surface area contributed by atoms with Crippen molar-refractivity contribution in [3.63, 3.8) is 0 Å². The molecule has 1 aromatic carbocycles. The second-order valence-electron chi connectivity index (χ2n) is 4.29. The number of hydrogen-bond donors (Lipinski definition) is 1. The highest BCUT2D eigenvalue weighted by atomic mass is 35.5. The summed E-state index contributed by atoms with van der Waals surface area (Å²) in [6.07, 6.45) is 1.96. The lowest BCUT2D eigenvalue weighted by Crippen LogP contribution is -2.26. The summed E-state index contributed by atoms with van der Waals surface area (Å²) >= 11 is 11.9. The van der Waals surface area contributed by atoms with Crippen molar-refractivity contribution in [2.45, 2.75) is 6.42 Å². The monoisotopic (exact) mass is 319 g/mol. The van der Waals surface area contributed by atoms with Crippen molar-refractivity contribution < 1.29 is 4.79 Å². The van der Waals surface area contributed by atoms with Crippen LogP contribution in [0.25, 0.3) is 0 Å². The Hall–Kier alpha value is -2.09. The van der Waals surface area contributed by atoms with Crippen molar-refractivity contribution in [3.8, 4) is 6.07 Å². The highest BCUT2D eigenvalue weighted by Crippen LogP contribution is 2.21. The van der Waals surface area contributed by atoms with E-state index in [0.717, 1.165) is 5.56 Å². The van der Waals surface area contributed by atoms with Gasteiger partial charge in [-0.25, -0.2) is 4.98 Å². The zero-order chi connectivity index (χ0) is 15.2. The van der Waals surface area contributed by atoms with E-state index in [0.29, 0.717) is 28.6 Å². The van der Waals surface area contributed by atoms with Gasteiger partial charge in [-0.05, 0) is 36.2 Å². The number of pyridine rings is 1. The Bertz CT molecular complexity index is 693. The molecule has 0 saturated carbocycles. The number of aromatic nitrogens is 1. The van der Waals surface area contributed by atoms with Gasteiger partial charge in [0.2, 0.25) is 0 Å². The van der Waals surface area contributed by atoms with Gasteiger partial charge >= 0.3 is 0 Å². The molecule has 21 heavy (non-hydrogen) atoms. The molecule has 0 fully saturated rings. The predicted molar refractivity (Wildman–Crippen MR) is 81.5 cm³/mol. The molecule has 1 heterocycles. The molecule has 1 amide bonds. The van der Waals surface area contributed by atoms with Gasteiger partial charge in [0, 0.05) is 22.8 Å². The quantitative estimate of drug-likeness (QED) is 0.940. The van der Waals surface area contributed by atoms with Crippen LogP contribution >= 0.6 is 23.2 Å². The molecule has 0 aliphatic heterocycles. The normalized spacial score (nSPS) is 9.95. The van der Waals surface area contributed by atoms with E-state index in [4.69, 9.17) is 28.5 Å². The van der Waals surface area contributed by atoms with Gasteiger partial charge in [0.05, 0.1) is 5.56 Å². The molecular weight excluding hydrogens is 309 g/mol. The van der Waals surface area contributed by atoms with Crippen LogP contribution in [0.15, 0.2) is 36.5 Å². The lowest BCUT2D eigenvalue weighted by molar-refractivity contribution is 0.0949. The second kappa shape index (κ2) is 7.07. The molecule has 0 saturated heterocycles. The van der Waals surface area contributed by atoms with E-state index < -0.39 is 0 Å². The second-order valence-corrected chi connectivity index (χ2v) is 5.13. The van der Waals surface area contributed by atoms with Gasteiger partial charge in [-0.3, -0.25) is 4.79 Å². The summed E-state index contributed by atoms with van der Waals surface area (Å²) in [7, 11) is 0. The fraction of sp³-hybridized carbons (Fsp3) is 0.133. The molecule has 0 aliphatic carbocycles. The number of carbonyl (C=O) groups excluding carboxylic acids is 1. The number of nitriles is 1. The molecule has 2 rings (SSSR count). The zero-order valence-corrected chi connectivity index (χ0v) is 12.4. The first kappa shape index (κ1) is 15.3. The van der Waals surface area contributed by atoms with Crippen LogP contribution in [-0.2, 0) is 6.42 Å². The van der Waals surface area contributed by atoms with E-state index in [9.17, 15) is 4.79 Å². The van der Waals surface area contributed by atoms with Gasteiger partial charge in [0.15, 0.2) is 0 Å². The van der Waals surface area contributed by atoms with Crippen LogP contribution in [-0.4, -0.2) is 17.4 Å². The third-order valence-electron chi connectivity index (χ3n) is 2.82. The lowest BCUT2D eigenvalue weighted by atomic mass is 10.1. The fourth-order valence-electron chi connectivity index (χ4n) is 1.72. The van der Waals surface area contributed by atoms with E-state index in [-0.39, 0.29) is 11.6 Å². The Balaban J connectivity index is 1.90. The van der Waals surface area contributed by atoms with Crippen LogP contribution < -0.4 is 5.32 Å². The number of benzene rings is 1. The summed E-state index contributed by atoms with van der Waals surface area (Å²) in [5.74, 6) is -0.287. The predicted octanol–water partition coefficient (Wildman–Crippen LogP) is 3.23. The molecule has 106 valence electrons. The third kappa shape index (κ3) is 4.19. The SMILES string of the molecule is N#Cc1ccc(C(=O)NCCc2ccc(Cl)cc2Cl)nc1. The fourth-order valence-corrected chi connectivity index (χ4v) is 2.22. The number of nitrogens with zero attached hydrogens (tertiary/aromatic N) is 2. The Morgan fingerprint density at radius 1 is 1.29 bits per heavy atom. The van der Waals surface area contributed by atoms with Crippen molar-refractivity contribution in [2.24, 2.45) is 0 Å². The summed E-state index contributed by atoms with van der Waals surface area (Å²) in [5, 5.41) is 12.6. The molecule has 6 heteroatoms. The number of carbonyl (C=O) groups is 1. The van der Waals surface area contributed by atoms with Crippen molar-refractivity contribution in [3.05, 3.63) is 63.4 Å². The van der Waals surface area contributed by atoms with Crippen molar-refractivity contribution in [2.75, 3.05) is 6.54 Å². The number of nitrogens with one attached hydrogen (secondary N) is 1. The molecule has 0 atom stereocenters. The molecule has 0 aliphatic rings. The first-order chi connectivity index (χ1) is 10.1. The van der Waals surface area contributed by atoms with E-state index >= 15 is 0 Å². The Labute approximate surface area is 132 Å². The van der Waals surface area contributed by atoms with Crippen LogP contribution in [0.4, 0.5) is 0 Å². The Kier molecular flexibility index (Phi) is 5.15. The number of amides is 1. The lowest BCUT2D eigenvalue weighted by Gasteiger charge is -2.06. The highest BCUT2D eigenvalue weighted by Gasteiger charge is 2.07. The first-order valence-electron chi connectivity index (χ1n) is 6.18. The van der Waals surface area contributed by atoms with Gasteiger partial charge < -0.3 is 5.32 Å². The first-order valence-corrected chi connectivity index (χ1v) is 6.94. The molecule has 2 aromatic rings. The average molecular weight is 320 g/mol. The number of hydrogen-bond acceptors (Lipinski definition) is 3. The summed E-state index contributed by atoms with van der Waals surface area (Å²) in [5.41, 5.74) is 1.60. The topological polar surface area (TPSA) is 65.8 Å². The van der Waals surface area contributed by atoms with Gasteiger partial charge in [-0.1, -0.05) is 29.3 Å². The van der Waals surface area contributed by atoms with E-state index in [1.807, 2.05) is 12.1 Å². The summed E-state index contributed by atoms with van der Waals surface area (Å²) in [6.45, 7) is 0.432. The van der Waals surface area contributed by atoms with Crippen LogP contribution in [0.5, 0.6) is 0 Å². The number of rotatable bonds is 4. The van der Waals surface area contributed by atoms with Crippen molar-refractivity contribution in [1.29, 1.82) is 5.26 Å². The number of halogens is 2. The Morgan fingerprint density at radius 2 is 2.10 bits per heavy atom. The molecule has 4 nitrogen and oxygen atoms in total. The van der Waals surface area contributed by atoms with Crippen LogP contribution in [0, 0.1) is 11.3 Å². The highest BCUT2D eigenvalue weighted by molar-refractivity contribution is 6.35. The average Bonchev–Trinajstić information content (AvgIpc) is 2.49. The van der Waals surface area contributed by atoms with E-state index in [2.05, 4.69) is 10.3 Å². The van der Waals surface area contributed by atoms with Gasteiger partial charge in [-0.2, -0.15) is 5.26 Å². The van der Waals surface area contributed by atoms with E-state index in [1.54, 1.807) is 18.2 Å². The molecule has 0 bridgehead atoms. The summed E-state index contributed by atoms with van der Waals surface area (Å²) in [4.78, 5) is 15.8. The minimum atomic E-state index is -0.287. The van der Waals surface area contributed by atoms with Gasteiger partial charge in [-0.15, -0.1) is 0 Å². The maximum Gasteiger partial charge on any atom is 0.269 e. The molecule has 0 spiro atoms. The van der Waals surface area contributed by atoms with Crippen LogP contribution in [0.3, 0.4) is 0 Å². The molecule has 1 N–H and O–H groups in total. The van der Waals surface area contributed by atoms with Gasteiger partial charge in [0.1, 0.15) is 11.8 Å². The minimum absolute atomic E-state index is 0.274. The summed E-state index contributed by atoms with van der Waals surface area (Å²) < 4.78 is 0. The minimum Gasteiger partial charge on any atom is -0.350 e. The molecule has 0 radical (unpaired) electrons. The zero-order valence-electron chi connectivity index (χ0n) is 10.9. The van der Waals surface area contributed by atoms with Crippen molar-refractivity contribution >= 4 is 29.1 Å². The maximum atomic E-state index is 11.9. The maximum absolute atomic E-state index is 11.9. The third-order valence-corrected chi connectivity index (χ3v) is 3.41. The summed E-state index contributed by atoms with van der Waals surface area (Å²) in [6, 6.07) is 10.3. The van der Waals surface area contributed by atoms with Crippen LogP contribution in [0.1, 0.15) is 21.6 Å². The van der Waals surface area contributed by atoms with Gasteiger partial charge in [0.25, 0.3) is 5.91 Å². The molecule has 1 aromatic heterocycles. The Morgan fingerprint density at radius 3 is 2.71 bits per heavy atom. The van der Waals surface area contributed by atoms with E-state index in [1.165, 1.54) is 12.3 Å². The van der Waals surface area contributed by atoms with Crippen molar-refractivity contribution in [1.82, 2.24) is 10.3 Å². The van der Waals surface area contributed by atoms with Crippen LogP contribution in [0.2, 0.25) is 10.0 Å². The standard InChI is InChI=1S/C15H11Cl2N3O/c16-12-3-2-11(13(17)7-12)5-6-19-15(21)14-4-1-10(8-18)9-20-14/h1-4,7,9H,5-6H2,(H,19,21). The smallest absolute Gasteiger partial charge is 0.269 e. The molecular formula is C15H11Cl2N3O. The largest absolute Gasteiger partial charge is 0.350 e. The molecule has 0 unspecified atom stereocenters.